The van der Waals surface area contributed by atoms with Crippen molar-refractivity contribution in [2.45, 2.75) is 13.3 Å². The highest BCUT2D eigenvalue weighted by atomic mass is 35.5. The summed E-state index contributed by atoms with van der Waals surface area (Å²) in [5.41, 5.74) is 1.30. The first-order valence-electron chi connectivity index (χ1n) is 9.00. The molecule has 0 aromatic heterocycles. The van der Waals surface area contributed by atoms with Crippen molar-refractivity contribution in [3.63, 3.8) is 0 Å². The molecule has 0 spiro atoms. The highest BCUT2D eigenvalue weighted by molar-refractivity contribution is 8.18. The van der Waals surface area contributed by atoms with Crippen LogP contribution in [0, 0.1) is 0 Å². The van der Waals surface area contributed by atoms with E-state index in [9.17, 15) is 14.4 Å². The van der Waals surface area contributed by atoms with Gasteiger partial charge in [0.1, 0.15) is 12.3 Å². The Hall–Kier alpha value is -2.77. The normalized spacial score (nSPS) is 15.1. The van der Waals surface area contributed by atoms with Crippen molar-refractivity contribution in [1.82, 2.24) is 4.90 Å². The number of hydrogen-bond acceptors (Lipinski definition) is 5. The molecule has 1 fully saturated rings. The SMILES string of the molecule is CCCOc1ccc(/C=C2\SC(=O)N(CC(=O)Nc3ccc(Cl)cc3)C2=O)cc1. The molecule has 150 valence electrons. The van der Waals surface area contributed by atoms with Crippen molar-refractivity contribution in [3.05, 3.63) is 64.0 Å². The average molecular weight is 431 g/mol. The van der Waals surface area contributed by atoms with Gasteiger partial charge >= 0.3 is 0 Å². The highest BCUT2D eigenvalue weighted by Gasteiger charge is 2.36. The van der Waals surface area contributed by atoms with E-state index in [-0.39, 0.29) is 11.4 Å². The van der Waals surface area contributed by atoms with Crippen molar-refractivity contribution in [3.8, 4) is 5.75 Å². The summed E-state index contributed by atoms with van der Waals surface area (Å²) in [5, 5.41) is 2.71. The molecule has 0 radical (unpaired) electrons. The van der Waals surface area contributed by atoms with Gasteiger partial charge in [0.05, 0.1) is 11.5 Å². The van der Waals surface area contributed by atoms with Crippen LogP contribution in [0.15, 0.2) is 53.4 Å². The Labute approximate surface area is 177 Å². The van der Waals surface area contributed by atoms with Gasteiger partial charge in [0.15, 0.2) is 0 Å². The summed E-state index contributed by atoms with van der Waals surface area (Å²) in [5.74, 6) is -0.207. The number of nitrogens with one attached hydrogen (secondary N) is 1. The highest BCUT2D eigenvalue weighted by Crippen LogP contribution is 2.32. The molecule has 3 amide bonds. The van der Waals surface area contributed by atoms with Crippen molar-refractivity contribution >= 4 is 52.2 Å². The Morgan fingerprint density at radius 2 is 1.83 bits per heavy atom. The Balaban J connectivity index is 1.63. The Morgan fingerprint density at radius 1 is 1.14 bits per heavy atom. The molecule has 1 aliphatic heterocycles. The topological polar surface area (TPSA) is 75.7 Å². The lowest BCUT2D eigenvalue weighted by Crippen LogP contribution is -2.36. The predicted octanol–water partition coefficient (Wildman–Crippen LogP) is 4.80. The van der Waals surface area contributed by atoms with Gasteiger partial charge in [0.2, 0.25) is 5.91 Å². The number of imide groups is 1. The Morgan fingerprint density at radius 3 is 2.48 bits per heavy atom. The second-order valence-electron chi connectivity index (χ2n) is 6.24. The average Bonchev–Trinajstić information content (AvgIpc) is 2.96. The third-order valence-corrected chi connectivity index (χ3v) is 5.11. The summed E-state index contributed by atoms with van der Waals surface area (Å²) in [4.78, 5) is 38.2. The molecule has 1 aliphatic rings. The third-order valence-electron chi connectivity index (χ3n) is 3.95. The number of benzene rings is 2. The second-order valence-corrected chi connectivity index (χ2v) is 7.67. The van der Waals surface area contributed by atoms with Gasteiger partial charge < -0.3 is 10.1 Å². The summed E-state index contributed by atoms with van der Waals surface area (Å²) in [7, 11) is 0. The summed E-state index contributed by atoms with van der Waals surface area (Å²) >= 11 is 6.63. The second kappa shape index (κ2) is 9.62. The molecule has 0 aliphatic carbocycles. The summed E-state index contributed by atoms with van der Waals surface area (Å²) < 4.78 is 5.53. The fourth-order valence-corrected chi connectivity index (χ4v) is 3.51. The molecule has 2 aromatic rings. The van der Waals surface area contributed by atoms with Crippen LogP contribution in [0.25, 0.3) is 6.08 Å². The first-order chi connectivity index (χ1) is 14.0. The molecule has 0 atom stereocenters. The fraction of sp³-hybridized carbons (Fsp3) is 0.190. The van der Waals surface area contributed by atoms with E-state index in [4.69, 9.17) is 16.3 Å². The number of thioether (sulfide) groups is 1. The van der Waals surface area contributed by atoms with Crippen molar-refractivity contribution in [2.75, 3.05) is 18.5 Å². The van der Waals surface area contributed by atoms with Gasteiger partial charge in [0.25, 0.3) is 11.1 Å². The number of anilines is 1. The molecule has 1 saturated heterocycles. The number of rotatable bonds is 7. The van der Waals surface area contributed by atoms with Crippen LogP contribution >= 0.6 is 23.4 Å². The van der Waals surface area contributed by atoms with Crippen LogP contribution < -0.4 is 10.1 Å². The molecule has 6 nitrogen and oxygen atoms in total. The first-order valence-corrected chi connectivity index (χ1v) is 10.2. The molecular formula is C21H19ClN2O4S. The van der Waals surface area contributed by atoms with Crippen molar-refractivity contribution < 1.29 is 19.1 Å². The van der Waals surface area contributed by atoms with Crippen LogP contribution in [0.4, 0.5) is 10.5 Å². The van der Waals surface area contributed by atoms with Crippen LogP contribution in [0.3, 0.4) is 0 Å². The molecule has 3 rings (SSSR count). The quantitative estimate of drug-likeness (QED) is 0.638. The maximum atomic E-state index is 12.6. The van der Waals surface area contributed by atoms with E-state index in [1.165, 1.54) is 0 Å². The summed E-state index contributed by atoms with van der Waals surface area (Å²) in [6.07, 6.45) is 2.55. The van der Waals surface area contributed by atoms with Gasteiger partial charge in [-0.1, -0.05) is 30.7 Å². The largest absolute Gasteiger partial charge is 0.494 e. The van der Waals surface area contributed by atoms with E-state index in [1.807, 2.05) is 31.2 Å². The first kappa shape index (κ1) is 21.0. The van der Waals surface area contributed by atoms with Crippen LogP contribution in [-0.2, 0) is 9.59 Å². The van der Waals surface area contributed by atoms with E-state index in [0.717, 1.165) is 34.4 Å². The monoisotopic (exact) mass is 430 g/mol. The molecule has 1 heterocycles. The lowest BCUT2D eigenvalue weighted by molar-refractivity contribution is -0.127. The summed E-state index contributed by atoms with van der Waals surface area (Å²) in [6, 6.07) is 13.8. The van der Waals surface area contributed by atoms with Crippen LogP contribution in [-0.4, -0.2) is 35.1 Å². The molecule has 29 heavy (non-hydrogen) atoms. The maximum absolute atomic E-state index is 12.6. The zero-order valence-corrected chi connectivity index (χ0v) is 17.3. The standard InChI is InChI=1S/C21H19ClN2O4S/c1-2-11-28-17-9-3-14(4-10-17)12-18-20(26)24(21(27)29-18)13-19(25)23-16-7-5-15(22)6-8-16/h3-10,12H,2,11,13H2,1H3,(H,23,25)/b18-12-. The number of halogens is 1. The molecule has 0 unspecified atom stereocenters. The Kier molecular flexibility index (Phi) is 6.95. The zero-order chi connectivity index (χ0) is 20.8. The van der Waals surface area contributed by atoms with Gasteiger partial charge in [0, 0.05) is 10.7 Å². The van der Waals surface area contributed by atoms with Crippen molar-refractivity contribution in [2.24, 2.45) is 0 Å². The lowest BCUT2D eigenvalue weighted by Gasteiger charge is -2.12. The van der Waals surface area contributed by atoms with Gasteiger partial charge in [-0.25, -0.2) is 0 Å². The van der Waals surface area contributed by atoms with E-state index < -0.39 is 17.1 Å². The predicted molar refractivity (Wildman–Crippen MR) is 115 cm³/mol. The van der Waals surface area contributed by atoms with Gasteiger partial charge in [-0.05, 0) is 66.2 Å². The molecule has 0 bridgehead atoms. The molecule has 8 heteroatoms. The third kappa shape index (κ3) is 5.62. The number of ether oxygens (including phenoxy) is 1. The number of nitrogens with zero attached hydrogens (tertiary/aromatic N) is 1. The minimum absolute atomic E-state index is 0.275. The van der Waals surface area contributed by atoms with E-state index in [0.29, 0.717) is 17.3 Å². The van der Waals surface area contributed by atoms with E-state index in [2.05, 4.69) is 5.32 Å². The number of carbonyl (C=O) groups is 3. The number of hydrogen-bond donors (Lipinski definition) is 1. The zero-order valence-electron chi connectivity index (χ0n) is 15.7. The molecular weight excluding hydrogens is 412 g/mol. The molecule has 0 saturated carbocycles. The molecule has 2 aromatic carbocycles. The van der Waals surface area contributed by atoms with Gasteiger partial charge in [-0.2, -0.15) is 0 Å². The maximum Gasteiger partial charge on any atom is 0.294 e. The van der Waals surface area contributed by atoms with Gasteiger partial charge in [-0.3, -0.25) is 19.3 Å². The van der Waals surface area contributed by atoms with Crippen LogP contribution in [0.2, 0.25) is 5.02 Å². The van der Waals surface area contributed by atoms with E-state index >= 15 is 0 Å². The minimum Gasteiger partial charge on any atom is -0.494 e. The van der Waals surface area contributed by atoms with Gasteiger partial charge in [-0.15, -0.1) is 0 Å². The smallest absolute Gasteiger partial charge is 0.294 e. The van der Waals surface area contributed by atoms with Crippen molar-refractivity contribution in [1.29, 1.82) is 0 Å². The number of carbonyl (C=O) groups excluding carboxylic acids is 3. The Bertz CT molecular complexity index is 942. The number of amides is 3. The van der Waals surface area contributed by atoms with Crippen LogP contribution in [0.5, 0.6) is 5.75 Å². The lowest BCUT2D eigenvalue weighted by atomic mass is 10.2. The van der Waals surface area contributed by atoms with E-state index in [1.54, 1.807) is 30.3 Å². The molecule has 1 N–H and O–H groups in total. The summed E-state index contributed by atoms with van der Waals surface area (Å²) in [6.45, 7) is 2.31. The van der Waals surface area contributed by atoms with Crippen LogP contribution in [0.1, 0.15) is 18.9 Å². The fourth-order valence-electron chi connectivity index (χ4n) is 2.55. The minimum atomic E-state index is -0.488.